The molecule has 0 saturated heterocycles. The van der Waals surface area contributed by atoms with Gasteiger partial charge in [-0.3, -0.25) is 4.79 Å². The van der Waals surface area contributed by atoms with E-state index in [1.165, 1.54) is 29.6 Å². The predicted molar refractivity (Wildman–Crippen MR) is 125 cm³/mol. The van der Waals surface area contributed by atoms with Gasteiger partial charge in [-0.1, -0.05) is 61.4 Å². The molecule has 30 heavy (non-hydrogen) atoms. The molecule has 0 spiro atoms. The fourth-order valence-corrected chi connectivity index (χ4v) is 4.46. The summed E-state index contributed by atoms with van der Waals surface area (Å²) >= 11 is 0. The second-order valence-corrected chi connectivity index (χ2v) is 8.71. The Labute approximate surface area is 183 Å². The zero-order valence-corrected chi connectivity index (χ0v) is 19.0. The van der Waals surface area contributed by atoms with Crippen molar-refractivity contribution in [3.8, 4) is 0 Å². The molecule has 0 fully saturated rings. The van der Waals surface area contributed by atoms with Gasteiger partial charge >= 0.3 is 0 Å². The van der Waals surface area contributed by atoms with Crippen LogP contribution < -0.4 is 0 Å². The van der Waals surface area contributed by atoms with Crippen molar-refractivity contribution < 1.29 is 14.6 Å². The monoisotopic (exact) mass is 412 g/mol. The SMILES string of the molecule is C=C(CCCCCOC)CC1=CCCC(c2ccc(C(=O)CCCCO)cc2)C1C. The highest BCUT2D eigenvalue weighted by atomic mass is 16.5. The summed E-state index contributed by atoms with van der Waals surface area (Å²) < 4.78 is 5.12. The van der Waals surface area contributed by atoms with Gasteiger partial charge in [0.1, 0.15) is 0 Å². The summed E-state index contributed by atoms with van der Waals surface area (Å²) in [5.74, 6) is 1.20. The van der Waals surface area contributed by atoms with E-state index in [9.17, 15) is 4.79 Å². The molecule has 0 bridgehead atoms. The summed E-state index contributed by atoms with van der Waals surface area (Å²) in [6.07, 6.45) is 12.3. The van der Waals surface area contributed by atoms with Crippen molar-refractivity contribution in [2.24, 2.45) is 5.92 Å². The highest BCUT2D eigenvalue weighted by Gasteiger charge is 2.25. The Kier molecular flexibility index (Phi) is 11.1. The topological polar surface area (TPSA) is 46.5 Å². The number of ketones is 1. The number of hydrogen-bond acceptors (Lipinski definition) is 3. The van der Waals surface area contributed by atoms with Crippen LogP contribution in [0.15, 0.2) is 48.1 Å². The summed E-state index contributed by atoms with van der Waals surface area (Å²) in [5, 5.41) is 8.88. The number of allylic oxidation sites excluding steroid dienone is 3. The fourth-order valence-electron chi connectivity index (χ4n) is 4.46. The zero-order valence-electron chi connectivity index (χ0n) is 19.0. The number of hydrogen-bond donors (Lipinski definition) is 1. The van der Waals surface area contributed by atoms with Crippen LogP contribution in [0.4, 0.5) is 0 Å². The maximum atomic E-state index is 12.3. The standard InChI is InChI=1S/C27H40O3/c1-21(10-5-4-8-19-30-3)20-25-11-9-12-26(22(25)2)23-14-16-24(17-15-23)27(29)13-6-7-18-28/h11,14-17,22,26,28H,1,4-10,12-13,18-20H2,2-3H3. The van der Waals surface area contributed by atoms with E-state index < -0.39 is 0 Å². The molecule has 0 radical (unpaired) electrons. The maximum Gasteiger partial charge on any atom is 0.162 e. The molecule has 1 aromatic rings. The first-order valence-electron chi connectivity index (χ1n) is 11.6. The number of Topliss-reactive ketones (excluding diaryl/α,β-unsaturated/α-hetero) is 1. The van der Waals surface area contributed by atoms with Crippen molar-refractivity contribution in [3.05, 3.63) is 59.2 Å². The second-order valence-electron chi connectivity index (χ2n) is 8.71. The first-order valence-corrected chi connectivity index (χ1v) is 11.6. The lowest BCUT2D eigenvalue weighted by atomic mass is 9.74. The number of carbonyl (C=O) groups excluding carboxylic acids is 1. The normalized spacial score (nSPS) is 18.8. The Morgan fingerprint density at radius 2 is 1.83 bits per heavy atom. The van der Waals surface area contributed by atoms with E-state index in [2.05, 4.69) is 31.7 Å². The Morgan fingerprint density at radius 1 is 1.10 bits per heavy atom. The molecule has 166 valence electrons. The molecular formula is C27H40O3. The van der Waals surface area contributed by atoms with Crippen molar-refractivity contribution >= 4 is 5.78 Å². The van der Waals surface area contributed by atoms with Gasteiger partial charge in [-0.2, -0.15) is 0 Å². The smallest absolute Gasteiger partial charge is 0.162 e. The number of unbranched alkanes of at least 4 members (excludes halogenated alkanes) is 3. The molecule has 3 heteroatoms. The first kappa shape index (κ1) is 24.6. The third-order valence-corrected chi connectivity index (χ3v) is 6.38. The Balaban J connectivity index is 1.88. The molecule has 1 N–H and O–H groups in total. The van der Waals surface area contributed by atoms with Crippen LogP contribution in [0.2, 0.25) is 0 Å². The van der Waals surface area contributed by atoms with Crippen molar-refractivity contribution in [2.45, 2.75) is 77.0 Å². The van der Waals surface area contributed by atoms with E-state index in [0.717, 1.165) is 50.7 Å². The third kappa shape index (κ3) is 7.85. The second kappa shape index (κ2) is 13.6. The summed E-state index contributed by atoms with van der Waals surface area (Å²) in [5.41, 5.74) is 5.00. The van der Waals surface area contributed by atoms with Crippen molar-refractivity contribution in [2.75, 3.05) is 20.3 Å². The molecule has 2 unspecified atom stereocenters. The van der Waals surface area contributed by atoms with E-state index >= 15 is 0 Å². The summed E-state index contributed by atoms with van der Waals surface area (Å²) in [6, 6.07) is 8.27. The van der Waals surface area contributed by atoms with Crippen molar-refractivity contribution in [1.82, 2.24) is 0 Å². The number of ether oxygens (including phenoxy) is 1. The molecule has 2 atom stereocenters. The van der Waals surface area contributed by atoms with Crippen molar-refractivity contribution in [1.29, 1.82) is 0 Å². The van der Waals surface area contributed by atoms with E-state index in [1.807, 2.05) is 12.1 Å². The maximum absolute atomic E-state index is 12.3. The fraction of sp³-hybridized carbons (Fsp3) is 0.593. The van der Waals surface area contributed by atoms with Gasteiger partial charge in [0, 0.05) is 32.3 Å². The van der Waals surface area contributed by atoms with Crippen LogP contribution in [-0.2, 0) is 4.74 Å². The largest absolute Gasteiger partial charge is 0.396 e. The van der Waals surface area contributed by atoms with E-state index in [4.69, 9.17) is 9.84 Å². The van der Waals surface area contributed by atoms with Crippen LogP contribution in [0.3, 0.4) is 0 Å². The minimum Gasteiger partial charge on any atom is -0.396 e. The lowest BCUT2D eigenvalue weighted by molar-refractivity contribution is 0.0977. The van der Waals surface area contributed by atoms with E-state index in [1.54, 1.807) is 7.11 Å². The molecule has 0 aliphatic heterocycles. The van der Waals surface area contributed by atoms with E-state index in [0.29, 0.717) is 24.7 Å². The number of carbonyl (C=O) groups is 1. The molecule has 2 rings (SSSR count). The molecule has 1 aliphatic rings. The van der Waals surface area contributed by atoms with Gasteiger partial charge in [0.25, 0.3) is 0 Å². The molecule has 1 aliphatic carbocycles. The molecule has 0 heterocycles. The Bertz CT molecular complexity index is 687. The Morgan fingerprint density at radius 3 is 2.53 bits per heavy atom. The summed E-state index contributed by atoms with van der Waals surface area (Å²) in [7, 11) is 1.76. The highest BCUT2D eigenvalue weighted by Crippen LogP contribution is 2.40. The van der Waals surface area contributed by atoms with Crippen LogP contribution in [0.25, 0.3) is 0 Å². The lowest BCUT2D eigenvalue weighted by Gasteiger charge is -2.31. The predicted octanol–water partition coefficient (Wildman–Crippen LogP) is 6.62. The van der Waals surface area contributed by atoms with Crippen LogP contribution >= 0.6 is 0 Å². The highest BCUT2D eigenvalue weighted by molar-refractivity contribution is 5.96. The van der Waals surface area contributed by atoms with Crippen LogP contribution in [0.1, 0.15) is 93.0 Å². The van der Waals surface area contributed by atoms with Crippen molar-refractivity contribution in [3.63, 3.8) is 0 Å². The Hall–Kier alpha value is -1.71. The van der Waals surface area contributed by atoms with E-state index in [-0.39, 0.29) is 12.4 Å². The first-order chi connectivity index (χ1) is 14.6. The van der Waals surface area contributed by atoms with Gasteiger partial charge in [-0.15, -0.1) is 0 Å². The van der Waals surface area contributed by atoms with Crippen LogP contribution in [-0.4, -0.2) is 31.2 Å². The summed E-state index contributed by atoms with van der Waals surface area (Å²) in [6.45, 7) is 7.68. The average Bonchev–Trinajstić information content (AvgIpc) is 2.75. The van der Waals surface area contributed by atoms with Gasteiger partial charge in [0.2, 0.25) is 0 Å². The average molecular weight is 413 g/mol. The van der Waals surface area contributed by atoms with Gasteiger partial charge in [-0.25, -0.2) is 0 Å². The lowest BCUT2D eigenvalue weighted by Crippen LogP contribution is -2.17. The number of aliphatic hydroxyl groups excluding tert-OH is 1. The minimum absolute atomic E-state index is 0.155. The third-order valence-electron chi connectivity index (χ3n) is 6.38. The number of methoxy groups -OCH3 is 1. The molecule has 1 aromatic carbocycles. The quantitative estimate of drug-likeness (QED) is 0.212. The van der Waals surface area contributed by atoms with Crippen LogP contribution in [0.5, 0.6) is 0 Å². The van der Waals surface area contributed by atoms with Gasteiger partial charge in [-0.05, 0) is 68.8 Å². The molecule has 0 aromatic heterocycles. The van der Waals surface area contributed by atoms with Gasteiger partial charge in [0.15, 0.2) is 5.78 Å². The molecular weight excluding hydrogens is 372 g/mol. The molecule has 3 nitrogen and oxygen atoms in total. The number of benzene rings is 1. The number of aliphatic hydroxyl groups is 1. The summed E-state index contributed by atoms with van der Waals surface area (Å²) in [4.78, 5) is 12.3. The van der Waals surface area contributed by atoms with Crippen LogP contribution in [0, 0.1) is 5.92 Å². The minimum atomic E-state index is 0.155. The number of rotatable bonds is 14. The van der Waals surface area contributed by atoms with Gasteiger partial charge < -0.3 is 9.84 Å². The molecule has 0 amide bonds. The molecule has 0 saturated carbocycles. The zero-order chi connectivity index (χ0) is 21.8. The van der Waals surface area contributed by atoms with Gasteiger partial charge in [0.05, 0.1) is 0 Å².